The molecule has 0 saturated carbocycles. The summed E-state index contributed by atoms with van der Waals surface area (Å²) >= 11 is 2.02. The highest BCUT2D eigenvalue weighted by atomic mass is 32.2. The summed E-state index contributed by atoms with van der Waals surface area (Å²) in [5.74, 6) is 4.18. The van der Waals surface area contributed by atoms with Crippen molar-refractivity contribution >= 4 is 11.8 Å². The first-order chi connectivity index (χ1) is 10.4. The largest absolute Gasteiger partial charge is 0.493 e. The van der Waals surface area contributed by atoms with Crippen LogP contribution < -0.4 is 14.8 Å². The van der Waals surface area contributed by atoms with Crippen molar-refractivity contribution in [3.63, 3.8) is 0 Å². The minimum absolute atomic E-state index is 0.346. The molecule has 2 aliphatic rings. The van der Waals surface area contributed by atoms with Gasteiger partial charge in [-0.3, -0.25) is 0 Å². The Morgan fingerprint density at radius 3 is 2.67 bits per heavy atom. The Labute approximate surface area is 131 Å². The van der Waals surface area contributed by atoms with Gasteiger partial charge < -0.3 is 14.8 Å². The van der Waals surface area contributed by atoms with Gasteiger partial charge in [0.25, 0.3) is 0 Å². The number of hydrogen-bond acceptors (Lipinski definition) is 4. The Balaban J connectivity index is 1.71. The normalized spacial score (nSPS) is 23.8. The molecule has 2 aliphatic heterocycles. The number of hydrogen-bond donors (Lipinski definition) is 1. The van der Waals surface area contributed by atoms with Crippen LogP contribution in [0.2, 0.25) is 0 Å². The average molecular weight is 307 g/mol. The molecule has 1 aromatic rings. The molecule has 1 unspecified atom stereocenters. The van der Waals surface area contributed by atoms with Crippen molar-refractivity contribution in [2.45, 2.75) is 44.2 Å². The van der Waals surface area contributed by atoms with E-state index in [0.717, 1.165) is 30.9 Å². The average Bonchev–Trinajstić information content (AvgIpc) is 2.57. The smallest absolute Gasteiger partial charge is 0.161 e. The summed E-state index contributed by atoms with van der Waals surface area (Å²) in [5, 5.41) is 3.59. The van der Waals surface area contributed by atoms with Gasteiger partial charge in [0.2, 0.25) is 0 Å². The Hall–Kier alpha value is -0.870. The molecule has 0 aromatic heterocycles. The molecule has 3 nitrogen and oxygen atoms in total. The third-order valence-electron chi connectivity index (χ3n) is 4.36. The fourth-order valence-electron chi connectivity index (χ4n) is 3.11. The topological polar surface area (TPSA) is 30.5 Å². The summed E-state index contributed by atoms with van der Waals surface area (Å²) in [6.45, 7) is 1.12. The Bertz CT molecular complexity index is 454. The van der Waals surface area contributed by atoms with Gasteiger partial charge in [0.1, 0.15) is 6.10 Å². The second kappa shape index (κ2) is 7.41. The van der Waals surface area contributed by atoms with Gasteiger partial charge in [-0.15, -0.1) is 0 Å². The van der Waals surface area contributed by atoms with Crippen LogP contribution in [0, 0.1) is 0 Å². The van der Waals surface area contributed by atoms with E-state index in [-0.39, 0.29) is 0 Å². The standard InChI is InChI=1S/C17H25NO2S/c1-19-17-12-13(15-4-2-3-9-18-15)5-6-16(17)20-14-7-10-21-11-8-14/h5-6,12,14-15,18H,2-4,7-11H2,1H3. The molecule has 0 spiro atoms. The fraction of sp³-hybridized carbons (Fsp3) is 0.647. The van der Waals surface area contributed by atoms with Crippen molar-refractivity contribution in [1.29, 1.82) is 0 Å². The van der Waals surface area contributed by atoms with Gasteiger partial charge >= 0.3 is 0 Å². The monoisotopic (exact) mass is 307 g/mol. The van der Waals surface area contributed by atoms with Crippen molar-refractivity contribution < 1.29 is 9.47 Å². The molecular weight excluding hydrogens is 282 g/mol. The zero-order chi connectivity index (χ0) is 14.5. The SMILES string of the molecule is COc1cc(C2CCCCN2)ccc1OC1CCSCC1. The Morgan fingerprint density at radius 1 is 1.10 bits per heavy atom. The van der Waals surface area contributed by atoms with Crippen LogP contribution in [-0.4, -0.2) is 31.3 Å². The summed E-state index contributed by atoms with van der Waals surface area (Å²) in [5.41, 5.74) is 1.32. The zero-order valence-corrected chi connectivity index (χ0v) is 13.6. The van der Waals surface area contributed by atoms with Gasteiger partial charge in [0.15, 0.2) is 11.5 Å². The molecule has 116 valence electrons. The molecule has 0 amide bonds. The number of nitrogens with one attached hydrogen (secondary N) is 1. The fourth-order valence-corrected chi connectivity index (χ4v) is 4.17. The van der Waals surface area contributed by atoms with E-state index in [4.69, 9.17) is 9.47 Å². The van der Waals surface area contributed by atoms with Gasteiger partial charge in [0.05, 0.1) is 7.11 Å². The van der Waals surface area contributed by atoms with E-state index in [1.165, 1.54) is 36.3 Å². The number of benzene rings is 1. The lowest BCUT2D eigenvalue weighted by Crippen LogP contribution is -2.26. The van der Waals surface area contributed by atoms with E-state index < -0.39 is 0 Å². The molecule has 4 heteroatoms. The molecule has 1 N–H and O–H groups in total. The predicted molar refractivity (Wildman–Crippen MR) is 88.6 cm³/mol. The molecule has 1 atom stereocenters. The first kappa shape index (κ1) is 15.0. The maximum absolute atomic E-state index is 6.16. The van der Waals surface area contributed by atoms with Crippen LogP contribution in [0.5, 0.6) is 11.5 Å². The van der Waals surface area contributed by atoms with E-state index in [1.807, 2.05) is 11.8 Å². The molecule has 0 aliphatic carbocycles. The highest BCUT2D eigenvalue weighted by Gasteiger charge is 2.20. The third-order valence-corrected chi connectivity index (χ3v) is 5.41. The van der Waals surface area contributed by atoms with Gasteiger partial charge in [-0.25, -0.2) is 0 Å². The van der Waals surface area contributed by atoms with E-state index in [2.05, 4.69) is 23.5 Å². The van der Waals surface area contributed by atoms with Crippen molar-refractivity contribution in [3.05, 3.63) is 23.8 Å². The number of methoxy groups -OCH3 is 1. The summed E-state index contributed by atoms with van der Waals surface area (Å²) in [7, 11) is 1.73. The molecule has 2 fully saturated rings. The Kier molecular flexibility index (Phi) is 5.31. The van der Waals surface area contributed by atoms with Crippen molar-refractivity contribution in [3.8, 4) is 11.5 Å². The first-order valence-electron chi connectivity index (χ1n) is 8.02. The molecule has 1 aromatic carbocycles. The van der Waals surface area contributed by atoms with Crippen LogP contribution >= 0.6 is 11.8 Å². The highest BCUT2D eigenvalue weighted by Crippen LogP contribution is 2.34. The number of rotatable bonds is 4. The van der Waals surface area contributed by atoms with Gasteiger partial charge in [-0.1, -0.05) is 12.5 Å². The summed E-state index contributed by atoms with van der Waals surface area (Å²) in [6, 6.07) is 6.90. The summed E-state index contributed by atoms with van der Waals surface area (Å²) < 4.78 is 11.7. The lowest BCUT2D eigenvalue weighted by Gasteiger charge is -2.26. The number of piperidine rings is 1. The van der Waals surface area contributed by atoms with Crippen LogP contribution in [0.1, 0.15) is 43.7 Å². The van der Waals surface area contributed by atoms with Gasteiger partial charge in [-0.05, 0) is 61.4 Å². The quantitative estimate of drug-likeness (QED) is 0.917. The number of thioether (sulfide) groups is 1. The van der Waals surface area contributed by atoms with Crippen LogP contribution in [0.25, 0.3) is 0 Å². The van der Waals surface area contributed by atoms with Crippen LogP contribution in [0.3, 0.4) is 0 Å². The zero-order valence-electron chi connectivity index (χ0n) is 12.8. The molecule has 3 rings (SSSR count). The molecule has 2 saturated heterocycles. The number of ether oxygens (including phenoxy) is 2. The van der Waals surface area contributed by atoms with Crippen molar-refractivity contribution in [2.24, 2.45) is 0 Å². The molecule has 2 heterocycles. The van der Waals surface area contributed by atoms with Crippen molar-refractivity contribution in [1.82, 2.24) is 5.32 Å². The Morgan fingerprint density at radius 2 is 1.95 bits per heavy atom. The minimum Gasteiger partial charge on any atom is -0.493 e. The van der Waals surface area contributed by atoms with Gasteiger partial charge in [-0.2, -0.15) is 11.8 Å². The van der Waals surface area contributed by atoms with Crippen molar-refractivity contribution in [2.75, 3.05) is 25.2 Å². The predicted octanol–water partition coefficient (Wildman–Crippen LogP) is 3.78. The lowest BCUT2D eigenvalue weighted by atomic mass is 9.97. The second-order valence-corrected chi connectivity index (χ2v) is 7.07. The molecule has 0 radical (unpaired) electrons. The lowest BCUT2D eigenvalue weighted by molar-refractivity contribution is 0.184. The molecule has 21 heavy (non-hydrogen) atoms. The maximum Gasteiger partial charge on any atom is 0.161 e. The van der Waals surface area contributed by atoms with E-state index in [9.17, 15) is 0 Å². The van der Waals surface area contributed by atoms with Crippen LogP contribution in [-0.2, 0) is 0 Å². The second-order valence-electron chi connectivity index (χ2n) is 5.84. The summed E-state index contributed by atoms with van der Waals surface area (Å²) in [6.07, 6.45) is 6.42. The van der Waals surface area contributed by atoms with E-state index in [0.29, 0.717) is 12.1 Å². The van der Waals surface area contributed by atoms with Crippen LogP contribution in [0.15, 0.2) is 18.2 Å². The van der Waals surface area contributed by atoms with E-state index in [1.54, 1.807) is 7.11 Å². The highest BCUT2D eigenvalue weighted by molar-refractivity contribution is 7.99. The van der Waals surface area contributed by atoms with Crippen LogP contribution in [0.4, 0.5) is 0 Å². The van der Waals surface area contributed by atoms with E-state index >= 15 is 0 Å². The minimum atomic E-state index is 0.346. The summed E-state index contributed by atoms with van der Waals surface area (Å²) in [4.78, 5) is 0. The van der Waals surface area contributed by atoms with Gasteiger partial charge in [0, 0.05) is 6.04 Å². The maximum atomic E-state index is 6.16. The molecule has 0 bridgehead atoms. The third kappa shape index (κ3) is 3.86. The first-order valence-corrected chi connectivity index (χ1v) is 9.18. The molecular formula is C17H25NO2S.